The Morgan fingerprint density at radius 1 is 1.07 bits per heavy atom. The molecule has 0 aromatic rings. The molecule has 0 saturated carbocycles. The highest BCUT2D eigenvalue weighted by atomic mass is 19.3. The lowest BCUT2D eigenvalue weighted by Gasteiger charge is -2.30. The van der Waals surface area contributed by atoms with Gasteiger partial charge in [-0.3, -0.25) is 4.79 Å². The van der Waals surface area contributed by atoms with Crippen LogP contribution in [-0.2, 0) is 4.79 Å². The molecule has 1 aliphatic heterocycles. The van der Waals surface area contributed by atoms with E-state index < -0.39 is 18.0 Å². The molecule has 0 N–H and O–H groups in total. The van der Waals surface area contributed by atoms with Crippen molar-refractivity contribution in [2.24, 2.45) is 0 Å². The summed E-state index contributed by atoms with van der Waals surface area (Å²) in [6, 6.07) is -8.02. The van der Waals surface area contributed by atoms with E-state index in [0.29, 0.717) is 12.8 Å². The third kappa shape index (κ3) is 1.60. The van der Waals surface area contributed by atoms with E-state index in [1.807, 2.05) is 0 Å². The maximum Gasteiger partial charge on any atom is 0.412 e. The predicted octanol–water partition coefficient (Wildman–Crippen LogP) is 1.81. The number of hydrogen-bond acceptors (Lipinski definition) is 2. The molecule has 0 radical (unpaired) electrons. The Bertz CT molecular complexity index is 236. The molecule has 14 heavy (non-hydrogen) atoms. The van der Waals surface area contributed by atoms with Gasteiger partial charge in [-0.1, -0.05) is 0 Å². The maximum atomic E-state index is 12.9. The van der Waals surface area contributed by atoms with Gasteiger partial charge >= 0.3 is 18.0 Å². The lowest BCUT2D eigenvalue weighted by molar-refractivity contribution is -0.273. The van der Waals surface area contributed by atoms with Crippen LogP contribution in [0.4, 0.5) is 22.0 Å². The van der Waals surface area contributed by atoms with Gasteiger partial charge in [0.05, 0.1) is 0 Å². The summed E-state index contributed by atoms with van der Waals surface area (Å²) in [7, 11) is 0. The Balaban J connectivity index is 2.86. The first kappa shape index (κ1) is 11.4. The van der Waals surface area contributed by atoms with E-state index in [2.05, 4.69) is 0 Å². The minimum atomic E-state index is -5.25. The van der Waals surface area contributed by atoms with Crippen LogP contribution < -0.4 is 0 Å². The standard InChI is InChI=1S/C7H8F5NO/c8-5(14)6(9,10)7(11,12)13-3-1-2-4-13/h1-4H2. The summed E-state index contributed by atoms with van der Waals surface area (Å²) in [5.41, 5.74) is 0. The van der Waals surface area contributed by atoms with E-state index in [4.69, 9.17) is 0 Å². The topological polar surface area (TPSA) is 20.3 Å². The van der Waals surface area contributed by atoms with Gasteiger partial charge in [0.25, 0.3) is 0 Å². The normalized spacial score (nSPS) is 20.1. The van der Waals surface area contributed by atoms with Crippen LogP contribution in [-0.4, -0.2) is 36.0 Å². The van der Waals surface area contributed by atoms with Crippen molar-refractivity contribution in [1.82, 2.24) is 4.90 Å². The van der Waals surface area contributed by atoms with Crippen LogP contribution in [0.25, 0.3) is 0 Å². The second-order valence-corrected chi connectivity index (χ2v) is 3.08. The molecule has 1 rings (SSSR count). The smallest absolute Gasteiger partial charge is 0.254 e. The van der Waals surface area contributed by atoms with Gasteiger partial charge in [-0.05, 0) is 12.8 Å². The van der Waals surface area contributed by atoms with Crippen LogP contribution in [0.5, 0.6) is 0 Å². The zero-order chi connectivity index (χ0) is 11.0. The number of alkyl halides is 4. The molecule has 82 valence electrons. The van der Waals surface area contributed by atoms with E-state index in [-0.39, 0.29) is 18.0 Å². The number of likely N-dealkylation sites (tertiary alicyclic amines) is 1. The number of hydrogen-bond donors (Lipinski definition) is 0. The van der Waals surface area contributed by atoms with Gasteiger partial charge in [0.15, 0.2) is 0 Å². The quantitative estimate of drug-likeness (QED) is 0.408. The predicted molar refractivity (Wildman–Crippen MR) is 36.8 cm³/mol. The minimum absolute atomic E-state index is 0.129. The third-order valence-electron chi connectivity index (χ3n) is 2.13. The van der Waals surface area contributed by atoms with Crippen LogP contribution in [0.2, 0.25) is 0 Å². The second kappa shape index (κ2) is 3.45. The number of carbonyl (C=O) groups is 1. The Labute approximate surface area is 76.7 Å². The van der Waals surface area contributed by atoms with Gasteiger partial charge in [-0.2, -0.15) is 22.0 Å². The van der Waals surface area contributed by atoms with Crippen molar-refractivity contribution in [3.05, 3.63) is 0 Å². The lowest BCUT2D eigenvalue weighted by Crippen LogP contribution is -2.56. The Hall–Kier alpha value is -0.720. The SMILES string of the molecule is O=C(F)C(F)(F)C(F)(F)N1CCCC1. The molecule has 1 fully saturated rings. The van der Waals surface area contributed by atoms with Gasteiger partial charge in [-0.15, -0.1) is 0 Å². The summed E-state index contributed by atoms with van der Waals surface area (Å²) in [5.74, 6) is -5.25. The monoisotopic (exact) mass is 217 g/mol. The maximum absolute atomic E-state index is 12.9. The molecule has 0 unspecified atom stereocenters. The first-order valence-electron chi connectivity index (χ1n) is 4.01. The van der Waals surface area contributed by atoms with Crippen molar-refractivity contribution in [2.75, 3.05) is 13.1 Å². The van der Waals surface area contributed by atoms with Crippen molar-refractivity contribution in [2.45, 2.75) is 24.8 Å². The number of halogens is 5. The van der Waals surface area contributed by atoms with Crippen molar-refractivity contribution in [3.8, 4) is 0 Å². The molecule has 1 saturated heterocycles. The molecule has 0 spiro atoms. The molecular weight excluding hydrogens is 209 g/mol. The molecule has 0 aromatic carbocycles. The molecule has 0 aromatic heterocycles. The van der Waals surface area contributed by atoms with E-state index >= 15 is 0 Å². The fraction of sp³-hybridized carbons (Fsp3) is 0.857. The zero-order valence-electron chi connectivity index (χ0n) is 7.07. The summed E-state index contributed by atoms with van der Waals surface area (Å²) in [6.07, 6.45) is 0.679. The fourth-order valence-electron chi connectivity index (χ4n) is 1.31. The Morgan fingerprint density at radius 3 is 1.86 bits per heavy atom. The number of carbonyl (C=O) groups excluding carboxylic acids is 1. The van der Waals surface area contributed by atoms with Crippen molar-refractivity contribution in [3.63, 3.8) is 0 Å². The highest BCUT2D eigenvalue weighted by Gasteiger charge is 2.66. The van der Waals surface area contributed by atoms with Gasteiger partial charge in [0, 0.05) is 13.1 Å². The molecule has 0 aliphatic carbocycles. The first-order chi connectivity index (χ1) is 6.30. The van der Waals surface area contributed by atoms with E-state index in [9.17, 15) is 26.7 Å². The highest BCUT2D eigenvalue weighted by molar-refractivity contribution is 5.77. The molecule has 7 heteroatoms. The third-order valence-corrected chi connectivity index (χ3v) is 2.13. The molecule has 1 aliphatic rings. The number of rotatable bonds is 3. The summed E-state index contributed by atoms with van der Waals surface area (Å²) >= 11 is 0. The van der Waals surface area contributed by atoms with Crippen LogP contribution in [0.15, 0.2) is 0 Å². The Kier molecular flexibility index (Phi) is 2.80. The summed E-state index contributed by atoms with van der Waals surface area (Å²) < 4.78 is 62.4. The summed E-state index contributed by atoms with van der Waals surface area (Å²) in [6.45, 7) is -0.508. The highest BCUT2D eigenvalue weighted by Crippen LogP contribution is 2.39. The van der Waals surface area contributed by atoms with E-state index in [1.165, 1.54) is 0 Å². The van der Waals surface area contributed by atoms with Gasteiger partial charge in [-0.25, -0.2) is 4.90 Å². The lowest BCUT2D eigenvalue weighted by atomic mass is 10.2. The first-order valence-corrected chi connectivity index (χ1v) is 4.01. The van der Waals surface area contributed by atoms with Crippen LogP contribution in [0.1, 0.15) is 12.8 Å². The fourth-order valence-corrected chi connectivity index (χ4v) is 1.31. The molecule has 2 nitrogen and oxygen atoms in total. The molecule has 0 bridgehead atoms. The number of nitrogens with zero attached hydrogens (tertiary/aromatic N) is 1. The van der Waals surface area contributed by atoms with Crippen LogP contribution >= 0.6 is 0 Å². The average Bonchev–Trinajstić information content (AvgIpc) is 2.55. The van der Waals surface area contributed by atoms with Crippen LogP contribution in [0, 0.1) is 0 Å². The summed E-state index contributed by atoms with van der Waals surface area (Å²) in [4.78, 5) is 9.87. The molecule has 0 amide bonds. The molecule has 1 heterocycles. The van der Waals surface area contributed by atoms with E-state index in [0.717, 1.165) is 0 Å². The van der Waals surface area contributed by atoms with Crippen molar-refractivity contribution >= 4 is 6.04 Å². The van der Waals surface area contributed by atoms with Gasteiger partial charge in [0.1, 0.15) is 0 Å². The van der Waals surface area contributed by atoms with Crippen molar-refractivity contribution < 1.29 is 26.7 Å². The van der Waals surface area contributed by atoms with Crippen molar-refractivity contribution in [1.29, 1.82) is 0 Å². The van der Waals surface area contributed by atoms with Gasteiger partial charge < -0.3 is 0 Å². The average molecular weight is 217 g/mol. The van der Waals surface area contributed by atoms with E-state index in [1.54, 1.807) is 0 Å². The minimum Gasteiger partial charge on any atom is -0.254 e. The largest absolute Gasteiger partial charge is 0.412 e. The zero-order valence-corrected chi connectivity index (χ0v) is 7.07. The summed E-state index contributed by atoms with van der Waals surface area (Å²) in [5, 5.41) is 0. The van der Waals surface area contributed by atoms with Crippen LogP contribution in [0.3, 0.4) is 0 Å². The molecular formula is C7H8F5NO. The molecule has 0 atom stereocenters. The Morgan fingerprint density at radius 2 is 1.50 bits per heavy atom. The van der Waals surface area contributed by atoms with Gasteiger partial charge in [0.2, 0.25) is 0 Å². The second-order valence-electron chi connectivity index (χ2n) is 3.08.